The summed E-state index contributed by atoms with van der Waals surface area (Å²) in [5.74, 6) is -4.14. The third-order valence-corrected chi connectivity index (χ3v) is 4.95. The summed E-state index contributed by atoms with van der Waals surface area (Å²) >= 11 is 0. The van der Waals surface area contributed by atoms with Gasteiger partial charge >= 0.3 is 0 Å². The minimum Gasteiger partial charge on any atom is -0.295 e. The Labute approximate surface area is 158 Å². The highest BCUT2D eigenvalue weighted by atomic mass is 19.2. The average Bonchev–Trinajstić information content (AvgIpc) is 3.23. The van der Waals surface area contributed by atoms with Crippen LogP contribution in [0, 0.1) is 30.3 Å². The summed E-state index contributed by atoms with van der Waals surface area (Å²) in [6.45, 7) is 2.29. The first kappa shape index (κ1) is 18.1. The van der Waals surface area contributed by atoms with Gasteiger partial charge in [0.15, 0.2) is 23.3 Å². The standard InChI is InChI=1S/C19H16F3N5O/c1-10-17(13-2-4-23-24-9-13)25-26-18(10)27-5-3-12(19(27)28)6-11-7-14(20)16(22)15(21)8-11/h2,4,7-9,12H,3,5-6H2,1H3,(H,25,26). The van der Waals surface area contributed by atoms with Crippen LogP contribution in [0.2, 0.25) is 0 Å². The van der Waals surface area contributed by atoms with Gasteiger partial charge in [-0.15, -0.1) is 0 Å². The van der Waals surface area contributed by atoms with Crippen LogP contribution in [-0.2, 0) is 11.2 Å². The third-order valence-electron chi connectivity index (χ3n) is 4.95. The first-order valence-corrected chi connectivity index (χ1v) is 8.72. The van der Waals surface area contributed by atoms with Crippen molar-refractivity contribution in [1.82, 2.24) is 20.4 Å². The molecule has 1 unspecified atom stereocenters. The topological polar surface area (TPSA) is 74.8 Å². The fourth-order valence-corrected chi connectivity index (χ4v) is 3.52. The van der Waals surface area contributed by atoms with Crippen LogP contribution in [0.1, 0.15) is 17.5 Å². The summed E-state index contributed by atoms with van der Waals surface area (Å²) < 4.78 is 40.0. The van der Waals surface area contributed by atoms with E-state index in [1.54, 1.807) is 23.4 Å². The van der Waals surface area contributed by atoms with E-state index < -0.39 is 23.4 Å². The molecular formula is C19H16F3N5O. The van der Waals surface area contributed by atoms with Crippen molar-refractivity contribution in [3.8, 4) is 11.3 Å². The van der Waals surface area contributed by atoms with Gasteiger partial charge in [0.05, 0.1) is 18.1 Å². The van der Waals surface area contributed by atoms with Crippen LogP contribution in [0.15, 0.2) is 30.6 Å². The summed E-state index contributed by atoms with van der Waals surface area (Å²) in [5, 5.41) is 14.8. The summed E-state index contributed by atoms with van der Waals surface area (Å²) in [6, 6.07) is 3.65. The van der Waals surface area contributed by atoms with Crippen LogP contribution >= 0.6 is 0 Å². The molecule has 9 heteroatoms. The van der Waals surface area contributed by atoms with Crippen LogP contribution in [0.5, 0.6) is 0 Å². The normalized spacial score (nSPS) is 16.8. The van der Waals surface area contributed by atoms with Crippen molar-refractivity contribution in [3.05, 3.63) is 59.2 Å². The molecule has 1 aliphatic rings. The third kappa shape index (κ3) is 3.12. The molecule has 0 bridgehead atoms. The summed E-state index contributed by atoms with van der Waals surface area (Å²) in [5.41, 5.74) is 2.58. The molecule has 6 nitrogen and oxygen atoms in total. The number of nitrogens with zero attached hydrogens (tertiary/aromatic N) is 4. The molecule has 1 aromatic carbocycles. The van der Waals surface area contributed by atoms with Crippen molar-refractivity contribution >= 4 is 11.7 Å². The van der Waals surface area contributed by atoms with E-state index >= 15 is 0 Å². The molecule has 3 aromatic rings. The maximum Gasteiger partial charge on any atom is 0.231 e. The number of aromatic nitrogens is 4. The molecule has 1 N–H and O–H groups in total. The van der Waals surface area contributed by atoms with Gasteiger partial charge in [0.25, 0.3) is 0 Å². The summed E-state index contributed by atoms with van der Waals surface area (Å²) in [6.07, 6.45) is 3.80. The lowest BCUT2D eigenvalue weighted by molar-refractivity contribution is -0.120. The molecule has 1 amide bonds. The van der Waals surface area contributed by atoms with Crippen LogP contribution in [0.4, 0.5) is 19.0 Å². The molecule has 0 saturated carbocycles. The number of carbonyl (C=O) groups excluding carboxylic acids is 1. The minimum absolute atomic E-state index is 0.133. The lowest BCUT2D eigenvalue weighted by Crippen LogP contribution is -2.28. The van der Waals surface area contributed by atoms with Crippen molar-refractivity contribution in [2.24, 2.45) is 5.92 Å². The second-order valence-corrected chi connectivity index (χ2v) is 6.73. The SMILES string of the molecule is Cc1c(N2CCC(Cc3cc(F)c(F)c(F)c3)C2=O)n[nH]c1-c1ccnnc1. The maximum atomic E-state index is 13.4. The average molecular weight is 387 g/mol. The van der Waals surface area contributed by atoms with Crippen LogP contribution in [0.3, 0.4) is 0 Å². The lowest BCUT2D eigenvalue weighted by Gasteiger charge is -2.15. The van der Waals surface area contributed by atoms with Crippen molar-refractivity contribution in [2.75, 3.05) is 11.4 Å². The van der Waals surface area contributed by atoms with Gasteiger partial charge in [-0.3, -0.25) is 14.8 Å². The first-order valence-electron chi connectivity index (χ1n) is 8.72. The van der Waals surface area contributed by atoms with Gasteiger partial charge in [0.1, 0.15) is 0 Å². The Morgan fingerprint density at radius 1 is 1.21 bits per heavy atom. The molecule has 2 aromatic heterocycles. The second-order valence-electron chi connectivity index (χ2n) is 6.73. The number of hydrogen-bond acceptors (Lipinski definition) is 4. The van der Waals surface area contributed by atoms with Gasteiger partial charge < -0.3 is 0 Å². The molecular weight excluding hydrogens is 371 g/mol. The monoisotopic (exact) mass is 387 g/mol. The van der Waals surface area contributed by atoms with E-state index in [9.17, 15) is 18.0 Å². The van der Waals surface area contributed by atoms with E-state index in [1.807, 2.05) is 6.92 Å². The highest BCUT2D eigenvalue weighted by Gasteiger charge is 2.35. The van der Waals surface area contributed by atoms with Gasteiger partial charge in [-0.1, -0.05) is 0 Å². The van der Waals surface area contributed by atoms with Gasteiger partial charge in [-0.05, 0) is 43.5 Å². The van der Waals surface area contributed by atoms with Crippen molar-refractivity contribution in [2.45, 2.75) is 19.8 Å². The Morgan fingerprint density at radius 3 is 2.64 bits per heavy atom. The molecule has 1 saturated heterocycles. The number of nitrogens with one attached hydrogen (secondary N) is 1. The predicted molar refractivity (Wildman–Crippen MR) is 94.8 cm³/mol. The first-order chi connectivity index (χ1) is 13.5. The quantitative estimate of drug-likeness (QED) is 0.698. The van der Waals surface area contributed by atoms with Gasteiger partial charge in [0, 0.05) is 23.6 Å². The zero-order valence-corrected chi connectivity index (χ0v) is 14.9. The maximum absolute atomic E-state index is 13.4. The summed E-state index contributed by atoms with van der Waals surface area (Å²) in [7, 11) is 0. The van der Waals surface area contributed by atoms with Gasteiger partial charge in [-0.2, -0.15) is 15.3 Å². The van der Waals surface area contributed by atoms with E-state index in [-0.39, 0.29) is 17.9 Å². The Hall–Kier alpha value is -3.23. The van der Waals surface area contributed by atoms with Crippen molar-refractivity contribution < 1.29 is 18.0 Å². The number of hydrogen-bond donors (Lipinski definition) is 1. The number of benzene rings is 1. The van der Waals surface area contributed by atoms with Crippen molar-refractivity contribution in [3.63, 3.8) is 0 Å². The number of amides is 1. The zero-order chi connectivity index (χ0) is 19.8. The number of H-pyrrole nitrogens is 1. The highest BCUT2D eigenvalue weighted by molar-refractivity contribution is 5.97. The Morgan fingerprint density at radius 2 is 1.96 bits per heavy atom. The van der Waals surface area contributed by atoms with Crippen LogP contribution in [-0.4, -0.2) is 32.8 Å². The number of aromatic amines is 1. The molecule has 1 aliphatic heterocycles. The van der Waals surface area contributed by atoms with E-state index in [0.29, 0.717) is 18.8 Å². The molecule has 28 heavy (non-hydrogen) atoms. The molecule has 0 aliphatic carbocycles. The Kier molecular flexibility index (Phi) is 4.58. The zero-order valence-electron chi connectivity index (χ0n) is 14.9. The van der Waals surface area contributed by atoms with Gasteiger partial charge in [-0.25, -0.2) is 13.2 Å². The minimum atomic E-state index is -1.51. The van der Waals surface area contributed by atoms with Crippen LogP contribution < -0.4 is 4.90 Å². The lowest BCUT2D eigenvalue weighted by atomic mass is 9.98. The Bertz CT molecular complexity index is 1010. The number of anilines is 1. The molecule has 144 valence electrons. The fraction of sp³-hybridized carbons (Fsp3) is 0.263. The van der Waals surface area contributed by atoms with E-state index in [2.05, 4.69) is 20.4 Å². The molecule has 1 atom stereocenters. The molecule has 1 fully saturated rings. The largest absolute Gasteiger partial charge is 0.295 e. The molecule has 0 radical (unpaired) electrons. The predicted octanol–water partition coefficient (Wildman–Crippen LogP) is 3.19. The number of halogens is 3. The van der Waals surface area contributed by atoms with Crippen LogP contribution in [0.25, 0.3) is 11.3 Å². The smallest absolute Gasteiger partial charge is 0.231 e. The van der Waals surface area contributed by atoms with E-state index in [4.69, 9.17) is 0 Å². The fourth-order valence-electron chi connectivity index (χ4n) is 3.52. The van der Waals surface area contributed by atoms with E-state index in [1.165, 1.54) is 0 Å². The second kappa shape index (κ2) is 7.06. The summed E-state index contributed by atoms with van der Waals surface area (Å²) in [4.78, 5) is 14.4. The number of rotatable bonds is 4. The van der Waals surface area contributed by atoms with Gasteiger partial charge in [0.2, 0.25) is 5.91 Å². The number of carbonyl (C=O) groups is 1. The molecule has 3 heterocycles. The molecule has 0 spiro atoms. The van der Waals surface area contributed by atoms with Crippen molar-refractivity contribution in [1.29, 1.82) is 0 Å². The molecule has 4 rings (SSSR count). The highest BCUT2D eigenvalue weighted by Crippen LogP contribution is 2.32. The Balaban J connectivity index is 1.55. The van der Waals surface area contributed by atoms with E-state index in [0.717, 1.165) is 29.0 Å².